The molecule has 0 saturated carbocycles. The minimum absolute atomic E-state index is 0.0535. The van der Waals surface area contributed by atoms with Gasteiger partial charge in [-0.2, -0.15) is 0 Å². The molecule has 4 nitrogen and oxygen atoms in total. The Hall–Kier alpha value is -1.16. The highest BCUT2D eigenvalue weighted by atomic mass is 16.5. The van der Waals surface area contributed by atoms with E-state index in [0.29, 0.717) is 6.29 Å². The first-order chi connectivity index (χ1) is 5.16. The summed E-state index contributed by atoms with van der Waals surface area (Å²) in [5.74, 6) is -0.627. The van der Waals surface area contributed by atoms with Crippen molar-refractivity contribution in [3.8, 4) is 0 Å². The molecular weight excluding hydrogens is 148 g/mol. The Morgan fingerprint density at radius 3 is 2.82 bits per heavy atom. The van der Waals surface area contributed by atoms with E-state index in [9.17, 15) is 9.59 Å². The predicted octanol–water partition coefficient (Wildman–Crippen LogP) is -0.335. The van der Waals surface area contributed by atoms with Crippen LogP contribution in [0.2, 0.25) is 0 Å². The van der Waals surface area contributed by atoms with E-state index in [1.165, 1.54) is 6.92 Å². The van der Waals surface area contributed by atoms with Crippen LogP contribution in [0.4, 0.5) is 0 Å². The van der Waals surface area contributed by atoms with E-state index in [2.05, 4.69) is 4.74 Å². The number of ether oxygens (including phenoxy) is 1. The molecule has 0 aromatic carbocycles. The Bertz CT molecular complexity index is 160. The molecule has 1 atom stereocenters. The molecule has 62 valence electrons. The van der Waals surface area contributed by atoms with Gasteiger partial charge in [0.05, 0.1) is 6.10 Å². The molecule has 0 aliphatic rings. The van der Waals surface area contributed by atoms with E-state index in [1.807, 2.05) is 0 Å². The lowest BCUT2D eigenvalue weighted by molar-refractivity contribution is -0.140. The second-order valence-electron chi connectivity index (χ2n) is 1.97. The van der Waals surface area contributed by atoms with Crippen LogP contribution in [-0.2, 0) is 14.3 Å². The third kappa shape index (κ3) is 6.73. The zero-order valence-electron chi connectivity index (χ0n) is 6.19. The van der Waals surface area contributed by atoms with Gasteiger partial charge in [-0.3, -0.25) is 4.79 Å². The Kier molecular flexibility index (Phi) is 5.02. The number of aliphatic hydroxyl groups excluding tert-OH is 1. The van der Waals surface area contributed by atoms with Crippen molar-refractivity contribution < 1.29 is 19.4 Å². The highest BCUT2D eigenvalue weighted by Gasteiger charge is 1.99. The maximum atomic E-state index is 10.5. The maximum Gasteiger partial charge on any atom is 0.330 e. The standard InChI is InChI=1S/C7H10O4/c1-6(9)5-11-7(10)3-2-4-8/h2-4,6,9H,5H2,1H3/b3-2+. The largest absolute Gasteiger partial charge is 0.460 e. The Balaban J connectivity index is 3.53. The van der Waals surface area contributed by atoms with Gasteiger partial charge in [0, 0.05) is 6.08 Å². The summed E-state index contributed by atoms with van der Waals surface area (Å²) in [5, 5.41) is 8.66. The van der Waals surface area contributed by atoms with Gasteiger partial charge < -0.3 is 9.84 Å². The van der Waals surface area contributed by atoms with E-state index in [1.54, 1.807) is 0 Å². The van der Waals surface area contributed by atoms with E-state index in [4.69, 9.17) is 5.11 Å². The molecule has 11 heavy (non-hydrogen) atoms. The van der Waals surface area contributed by atoms with Gasteiger partial charge >= 0.3 is 5.97 Å². The van der Waals surface area contributed by atoms with E-state index in [0.717, 1.165) is 12.2 Å². The number of aldehydes is 1. The Labute approximate surface area is 64.5 Å². The van der Waals surface area contributed by atoms with Crippen LogP contribution in [0.15, 0.2) is 12.2 Å². The zero-order chi connectivity index (χ0) is 8.69. The SMILES string of the molecule is CC(O)COC(=O)/C=C/C=O. The van der Waals surface area contributed by atoms with Crippen LogP contribution in [-0.4, -0.2) is 30.1 Å². The summed E-state index contributed by atoms with van der Waals surface area (Å²) in [4.78, 5) is 20.2. The molecule has 0 spiro atoms. The zero-order valence-corrected chi connectivity index (χ0v) is 6.19. The van der Waals surface area contributed by atoms with Crippen molar-refractivity contribution in [2.45, 2.75) is 13.0 Å². The van der Waals surface area contributed by atoms with Crippen LogP contribution in [0.25, 0.3) is 0 Å². The third-order valence-corrected chi connectivity index (χ3v) is 0.778. The van der Waals surface area contributed by atoms with E-state index < -0.39 is 12.1 Å². The molecule has 0 aliphatic heterocycles. The van der Waals surface area contributed by atoms with Crippen molar-refractivity contribution in [2.24, 2.45) is 0 Å². The molecule has 1 unspecified atom stereocenters. The van der Waals surface area contributed by atoms with Gasteiger partial charge in [-0.25, -0.2) is 4.79 Å². The fourth-order valence-corrected chi connectivity index (χ4v) is 0.369. The average molecular weight is 158 g/mol. The summed E-state index contributed by atoms with van der Waals surface area (Å²) in [6.07, 6.45) is 1.83. The van der Waals surface area contributed by atoms with Gasteiger partial charge in [-0.15, -0.1) is 0 Å². The topological polar surface area (TPSA) is 63.6 Å². The molecule has 0 bridgehead atoms. The molecule has 0 fully saturated rings. The summed E-state index contributed by atoms with van der Waals surface area (Å²) in [6, 6.07) is 0. The molecule has 1 N–H and O–H groups in total. The molecule has 0 aromatic rings. The molecule has 0 rings (SSSR count). The van der Waals surface area contributed by atoms with Gasteiger partial charge in [-0.05, 0) is 13.0 Å². The minimum atomic E-state index is -0.677. The highest BCUT2D eigenvalue weighted by Crippen LogP contribution is 1.85. The fourth-order valence-electron chi connectivity index (χ4n) is 0.369. The fraction of sp³-hybridized carbons (Fsp3) is 0.429. The molecule has 0 saturated heterocycles. The summed E-state index contributed by atoms with van der Waals surface area (Å²) in [7, 11) is 0. The minimum Gasteiger partial charge on any atom is -0.460 e. The number of allylic oxidation sites excluding steroid dienone is 1. The van der Waals surface area contributed by atoms with Crippen molar-refractivity contribution in [3.05, 3.63) is 12.2 Å². The number of hydrogen-bond acceptors (Lipinski definition) is 4. The number of esters is 1. The molecule has 0 aromatic heterocycles. The predicted molar refractivity (Wildman–Crippen MR) is 37.8 cm³/mol. The molecular formula is C7H10O4. The van der Waals surface area contributed by atoms with Crippen LogP contribution >= 0.6 is 0 Å². The molecule has 0 aliphatic carbocycles. The second kappa shape index (κ2) is 5.61. The maximum absolute atomic E-state index is 10.5. The third-order valence-electron chi connectivity index (χ3n) is 0.778. The average Bonchev–Trinajstić information content (AvgIpc) is 1.97. The van der Waals surface area contributed by atoms with Crippen LogP contribution in [0.1, 0.15) is 6.92 Å². The quantitative estimate of drug-likeness (QED) is 0.345. The van der Waals surface area contributed by atoms with Gasteiger partial charge in [0.25, 0.3) is 0 Å². The monoisotopic (exact) mass is 158 g/mol. The smallest absolute Gasteiger partial charge is 0.330 e. The van der Waals surface area contributed by atoms with Crippen LogP contribution < -0.4 is 0 Å². The number of rotatable bonds is 4. The number of carbonyl (C=O) groups is 2. The van der Waals surface area contributed by atoms with Crippen molar-refractivity contribution in [1.29, 1.82) is 0 Å². The van der Waals surface area contributed by atoms with Crippen molar-refractivity contribution in [3.63, 3.8) is 0 Å². The second-order valence-corrected chi connectivity index (χ2v) is 1.97. The summed E-state index contributed by atoms with van der Waals surface area (Å²) >= 11 is 0. The first kappa shape index (κ1) is 9.84. The van der Waals surface area contributed by atoms with Gasteiger partial charge in [-0.1, -0.05) is 0 Å². The summed E-state index contributed by atoms with van der Waals surface area (Å²) in [6.45, 7) is 1.44. The number of aliphatic hydroxyl groups is 1. The van der Waals surface area contributed by atoms with Gasteiger partial charge in [0.15, 0.2) is 0 Å². The molecule has 0 amide bonds. The first-order valence-corrected chi connectivity index (χ1v) is 3.13. The van der Waals surface area contributed by atoms with E-state index in [-0.39, 0.29) is 6.61 Å². The normalized spacial score (nSPS) is 12.9. The van der Waals surface area contributed by atoms with Crippen molar-refractivity contribution >= 4 is 12.3 Å². The van der Waals surface area contributed by atoms with Crippen LogP contribution in [0.5, 0.6) is 0 Å². The Morgan fingerprint density at radius 1 is 1.73 bits per heavy atom. The number of carbonyl (C=O) groups excluding carboxylic acids is 2. The summed E-state index contributed by atoms with van der Waals surface area (Å²) in [5.41, 5.74) is 0. The van der Waals surface area contributed by atoms with Gasteiger partial charge in [0.2, 0.25) is 0 Å². The van der Waals surface area contributed by atoms with Crippen molar-refractivity contribution in [1.82, 2.24) is 0 Å². The van der Waals surface area contributed by atoms with E-state index >= 15 is 0 Å². The van der Waals surface area contributed by atoms with Gasteiger partial charge in [0.1, 0.15) is 12.9 Å². The number of hydrogen-bond donors (Lipinski definition) is 1. The molecule has 0 heterocycles. The first-order valence-electron chi connectivity index (χ1n) is 3.13. The Morgan fingerprint density at radius 2 is 2.36 bits per heavy atom. The van der Waals surface area contributed by atoms with Crippen LogP contribution in [0, 0.1) is 0 Å². The highest BCUT2D eigenvalue weighted by molar-refractivity contribution is 5.86. The van der Waals surface area contributed by atoms with Crippen LogP contribution in [0.3, 0.4) is 0 Å². The lowest BCUT2D eigenvalue weighted by Gasteiger charge is -2.02. The van der Waals surface area contributed by atoms with Crippen molar-refractivity contribution in [2.75, 3.05) is 6.61 Å². The summed E-state index contributed by atoms with van der Waals surface area (Å²) < 4.78 is 4.47. The lowest BCUT2D eigenvalue weighted by atomic mass is 10.4. The molecule has 0 radical (unpaired) electrons. The lowest BCUT2D eigenvalue weighted by Crippen LogP contribution is -2.13. The molecule has 4 heteroatoms.